The summed E-state index contributed by atoms with van der Waals surface area (Å²) in [6.45, 7) is 9.00. The van der Waals surface area contributed by atoms with Crippen molar-refractivity contribution < 1.29 is 14.9 Å². The zero-order chi connectivity index (χ0) is 19.4. The Labute approximate surface area is 162 Å². The van der Waals surface area contributed by atoms with Gasteiger partial charge < -0.3 is 14.9 Å². The summed E-state index contributed by atoms with van der Waals surface area (Å²) < 4.78 is 6.12. The summed E-state index contributed by atoms with van der Waals surface area (Å²) in [6.07, 6.45) is 3.81. The number of para-hydroxylation sites is 1. The first kappa shape index (κ1) is 19.6. The van der Waals surface area contributed by atoms with Gasteiger partial charge in [0.05, 0.1) is 0 Å². The predicted octanol–water partition coefficient (Wildman–Crippen LogP) is 4.36. The number of hydrogen-bond acceptors (Lipinski definition) is 4. The van der Waals surface area contributed by atoms with Crippen molar-refractivity contribution in [3.8, 4) is 17.2 Å². The zero-order valence-corrected chi connectivity index (χ0v) is 16.7. The van der Waals surface area contributed by atoms with Crippen LogP contribution in [-0.4, -0.2) is 40.9 Å². The van der Waals surface area contributed by atoms with E-state index in [1.165, 1.54) is 11.1 Å². The Morgan fingerprint density at radius 1 is 1.07 bits per heavy atom. The second-order valence-corrected chi connectivity index (χ2v) is 7.57. The van der Waals surface area contributed by atoms with Gasteiger partial charge in [-0.3, -0.25) is 4.90 Å². The van der Waals surface area contributed by atoms with E-state index >= 15 is 0 Å². The smallest absolute Gasteiger partial charge is 0.160 e. The first-order valence-electron chi connectivity index (χ1n) is 9.97. The average Bonchev–Trinajstić information content (AvgIpc) is 2.66. The monoisotopic (exact) mass is 369 g/mol. The Morgan fingerprint density at radius 2 is 1.81 bits per heavy atom. The highest BCUT2D eigenvalue weighted by Crippen LogP contribution is 2.36. The molecular formula is C23H31NO3. The Hall–Kier alpha value is -2.20. The third-order valence-electron chi connectivity index (χ3n) is 5.60. The van der Waals surface area contributed by atoms with Crippen LogP contribution in [0.2, 0.25) is 0 Å². The van der Waals surface area contributed by atoms with Gasteiger partial charge in [-0.1, -0.05) is 31.2 Å². The van der Waals surface area contributed by atoms with Crippen LogP contribution in [0.4, 0.5) is 0 Å². The van der Waals surface area contributed by atoms with Crippen LogP contribution in [0.15, 0.2) is 30.3 Å². The predicted molar refractivity (Wildman–Crippen MR) is 109 cm³/mol. The second-order valence-electron chi connectivity index (χ2n) is 7.57. The molecule has 1 atom stereocenters. The molecule has 1 aliphatic carbocycles. The van der Waals surface area contributed by atoms with Crippen LogP contribution in [-0.2, 0) is 12.8 Å². The van der Waals surface area contributed by atoms with E-state index < -0.39 is 0 Å². The number of fused-ring (bicyclic) bond motifs is 1. The van der Waals surface area contributed by atoms with Crippen molar-refractivity contribution in [2.75, 3.05) is 19.7 Å². The first-order valence-corrected chi connectivity index (χ1v) is 9.97. The number of aromatic hydroxyl groups is 2. The lowest BCUT2D eigenvalue weighted by atomic mass is 9.86. The van der Waals surface area contributed by atoms with Crippen LogP contribution in [0.5, 0.6) is 17.2 Å². The van der Waals surface area contributed by atoms with Gasteiger partial charge in [-0.2, -0.15) is 0 Å². The molecule has 0 heterocycles. The van der Waals surface area contributed by atoms with Crippen LogP contribution in [0, 0.1) is 13.8 Å². The molecule has 2 aromatic carbocycles. The highest BCUT2D eigenvalue weighted by molar-refractivity contribution is 5.50. The number of nitrogens with zero attached hydrogens (tertiary/aromatic N) is 1. The van der Waals surface area contributed by atoms with E-state index in [0.717, 1.165) is 55.6 Å². The van der Waals surface area contributed by atoms with Crippen LogP contribution in [0.3, 0.4) is 0 Å². The third-order valence-corrected chi connectivity index (χ3v) is 5.60. The maximum absolute atomic E-state index is 10.1. The molecule has 0 spiro atoms. The Balaban J connectivity index is 1.64. The Kier molecular flexibility index (Phi) is 6.27. The fourth-order valence-electron chi connectivity index (χ4n) is 4.17. The summed E-state index contributed by atoms with van der Waals surface area (Å²) in [5, 5.41) is 19.8. The molecule has 3 rings (SSSR count). The van der Waals surface area contributed by atoms with Crippen LogP contribution >= 0.6 is 0 Å². The number of phenols is 2. The maximum atomic E-state index is 10.1. The molecule has 27 heavy (non-hydrogen) atoms. The summed E-state index contributed by atoms with van der Waals surface area (Å²) in [6, 6.07) is 10.2. The van der Waals surface area contributed by atoms with Gasteiger partial charge in [-0.15, -0.1) is 0 Å². The van der Waals surface area contributed by atoms with Crippen molar-refractivity contribution in [2.24, 2.45) is 0 Å². The minimum atomic E-state index is -0.0142. The van der Waals surface area contributed by atoms with Gasteiger partial charge in [0.1, 0.15) is 12.4 Å². The van der Waals surface area contributed by atoms with Crippen LogP contribution in [0.1, 0.15) is 42.0 Å². The number of benzene rings is 2. The van der Waals surface area contributed by atoms with E-state index in [1.54, 1.807) is 6.07 Å². The molecule has 146 valence electrons. The van der Waals surface area contributed by atoms with Crippen molar-refractivity contribution in [2.45, 2.75) is 52.5 Å². The molecule has 0 fully saturated rings. The molecule has 0 saturated carbocycles. The van der Waals surface area contributed by atoms with Gasteiger partial charge in [0, 0.05) is 18.2 Å². The minimum Gasteiger partial charge on any atom is -0.504 e. The van der Waals surface area contributed by atoms with Gasteiger partial charge in [-0.05, 0) is 68.8 Å². The lowest BCUT2D eigenvalue weighted by Crippen LogP contribution is -2.42. The SMILES string of the molecule is CCCN(CCOc1c(C)cccc1C)C1CCc2c(ccc(O)c2O)C1. The van der Waals surface area contributed by atoms with Crippen LogP contribution < -0.4 is 4.74 Å². The molecule has 1 aliphatic rings. The molecule has 0 saturated heterocycles. The number of aryl methyl sites for hydroxylation is 2. The highest BCUT2D eigenvalue weighted by Gasteiger charge is 2.26. The number of hydrogen-bond donors (Lipinski definition) is 2. The van der Waals surface area contributed by atoms with Gasteiger partial charge >= 0.3 is 0 Å². The largest absolute Gasteiger partial charge is 0.504 e. The quantitative estimate of drug-likeness (QED) is 0.712. The molecule has 0 radical (unpaired) electrons. The molecule has 2 N–H and O–H groups in total. The molecule has 4 nitrogen and oxygen atoms in total. The molecule has 1 unspecified atom stereocenters. The van der Waals surface area contributed by atoms with Crippen molar-refractivity contribution in [1.82, 2.24) is 4.90 Å². The third kappa shape index (κ3) is 4.38. The second kappa shape index (κ2) is 8.66. The molecule has 2 aromatic rings. The van der Waals surface area contributed by atoms with Crippen molar-refractivity contribution >= 4 is 0 Å². The number of ether oxygens (including phenoxy) is 1. The molecule has 0 amide bonds. The van der Waals surface area contributed by atoms with Gasteiger partial charge in [0.2, 0.25) is 0 Å². The molecule has 0 aromatic heterocycles. The molecular weight excluding hydrogens is 338 g/mol. The van der Waals surface area contributed by atoms with Gasteiger partial charge in [-0.25, -0.2) is 0 Å². The molecule has 0 aliphatic heterocycles. The fraction of sp³-hybridized carbons (Fsp3) is 0.478. The summed E-state index contributed by atoms with van der Waals surface area (Å²) in [5.74, 6) is 1.05. The average molecular weight is 370 g/mol. The van der Waals surface area contributed by atoms with E-state index in [0.29, 0.717) is 12.6 Å². The van der Waals surface area contributed by atoms with E-state index in [1.807, 2.05) is 6.07 Å². The standard InChI is InChI=1S/C23H31NO3/c1-4-12-24(13-14-27-23-16(2)6-5-7-17(23)3)19-9-10-20-18(15-19)8-11-21(25)22(20)26/h5-8,11,19,25-26H,4,9-10,12-15H2,1-3H3. The lowest BCUT2D eigenvalue weighted by Gasteiger charge is -2.35. The van der Waals surface area contributed by atoms with E-state index in [4.69, 9.17) is 4.74 Å². The minimum absolute atomic E-state index is 0.0142. The number of phenolic OH excluding ortho intramolecular Hbond substituents is 2. The van der Waals surface area contributed by atoms with Crippen molar-refractivity contribution in [1.29, 1.82) is 0 Å². The molecule has 4 heteroatoms. The topological polar surface area (TPSA) is 52.9 Å². The lowest BCUT2D eigenvalue weighted by molar-refractivity contribution is 0.146. The van der Waals surface area contributed by atoms with Crippen molar-refractivity contribution in [3.63, 3.8) is 0 Å². The Morgan fingerprint density at radius 3 is 2.52 bits per heavy atom. The summed E-state index contributed by atoms with van der Waals surface area (Å²) in [4.78, 5) is 2.51. The van der Waals surface area contributed by atoms with Gasteiger partial charge in [0.15, 0.2) is 11.5 Å². The first-order chi connectivity index (χ1) is 13.0. The van der Waals surface area contributed by atoms with E-state index in [-0.39, 0.29) is 11.5 Å². The van der Waals surface area contributed by atoms with Gasteiger partial charge in [0.25, 0.3) is 0 Å². The highest BCUT2D eigenvalue weighted by atomic mass is 16.5. The summed E-state index contributed by atoms with van der Waals surface area (Å²) >= 11 is 0. The summed E-state index contributed by atoms with van der Waals surface area (Å²) in [5.41, 5.74) is 4.42. The zero-order valence-electron chi connectivity index (χ0n) is 16.7. The van der Waals surface area contributed by atoms with Crippen molar-refractivity contribution in [3.05, 3.63) is 52.6 Å². The van der Waals surface area contributed by atoms with E-state index in [9.17, 15) is 10.2 Å². The maximum Gasteiger partial charge on any atom is 0.160 e. The van der Waals surface area contributed by atoms with E-state index in [2.05, 4.69) is 43.9 Å². The molecule has 0 bridgehead atoms. The normalized spacial score (nSPS) is 16.4. The van der Waals surface area contributed by atoms with Crippen LogP contribution in [0.25, 0.3) is 0 Å². The Bertz CT molecular complexity index is 767. The number of rotatable bonds is 7. The summed E-state index contributed by atoms with van der Waals surface area (Å²) in [7, 11) is 0. The fourth-order valence-corrected chi connectivity index (χ4v) is 4.17.